The zero-order valence-electron chi connectivity index (χ0n) is 23.1. The minimum Gasteiger partial charge on any atom is -0.478 e. The Bertz CT molecular complexity index is 1530. The van der Waals surface area contributed by atoms with Gasteiger partial charge in [-0.1, -0.05) is 66.7 Å². The van der Waals surface area contributed by atoms with E-state index in [-0.39, 0.29) is 30.3 Å². The molecule has 1 amide bonds. The first-order valence-corrected chi connectivity index (χ1v) is 14.6. The van der Waals surface area contributed by atoms with E-state index in [0.717, 1.165) is 33.4 Å². The summed E-state index contributed by atoms with van der Waals surface area (Å²) in [7, 11) is 0. The largest absolute Gasteiger partial charge is 0.478 e. The van der Waals surface area contributed by atoms with Gasteiger partial charge in [0.2, 0.25) is 5.91 Å². The van der Waals surface area contributed by atoms with Gasteiger partial charge in [-0.15, -0.1) is 11.8 Å². The number of ether oxygens (including phenoxy) is 2. The number of pyridine rings is 1. The normalized spacial score (nSPS) is 18.4. The number of hydrogen-bond acceptors (Lipinski definition) is 7. The highest BCUT2D eigenvalue weighted by Crippen LogP contribution is 2.40. The molecule has 1 fully saturated rings. The molecular weight excluding hydrogens is 552 g/mol. The monoisotopic (exact) mass is 584 g/mol. The number of aromatic nitrogens is 1. The van der Waals surface area contributed by atoms with E-state index < -0.39 is 12.3 Å². The van der Waals surface area contributed by atoms with Gasteiger partial charge in [0.05, 0.1) is 24.4 Å². The van der Waals surface area contributed by atoms with E-state index in [2.05, 4.69) is 16.4 Å². The Morgan fingerprint density at radius 3 is 2.40 bits per heavy atom. The number of carboxylic acid groups (broad SMARTS) is 1. The van der Waals surface area contributed by atoms with E-state index in [1.165, 1.54) is 18.7 Å². The molecular formula is C33H32N2O6S. The molecule has 8 nitrogen and oxygen atoms in total. The van der Waals surface area contributed by atoms with Crippen molar-refractivity contribution in [2.75, 3.05) is 5.75 Å². The summed E-state index contributed by atoms with van der Waals surface area (Å²) in [5, 5.41) is 22.3. The first kappa shape index (κ1) is 29.5. The second-order valence-electron chi connectivity index (χ2n) is 10.1. The highest BCUT2D eigenvalue weighted by Gasteiger charge is 2.32. The summed E-state index contributed by atoms with van der Waals surface area (Å²) in [5.74, 6) is -0.584. The molecule has 0 unspecified atom stereocenters. The van der Waals surface area contributed by atoms with E-state index in [1.807, 2.05) is 66.7 Å². The first-order chi connectivity index (χ1) is 20.4. The van der Waals surface area contributed by atoms with Gasteiger partial charge in [-0.05, 0) is 46.0 Å². The molecule has 42 heavy (non-hydrogen) atoms. The number of amides is 1. The Balaban J connectivity index is 1.35. The Hall–Kier alpha value is -4.02. The number of thioether (sulfide) groups is 1. The molecule has 1 saturated heterocycles. The lowest BCUT2D eigenvalue weighted by Crippen LogP contribution is -2.31. The van der Waals surface area contributed by atoms with Gasteiger partial charge in [0, 0.05) is 37.4 Å². The van der Waals surface area contributed by atoms with Crippen LogP contribution in [0.15, 0.2) is 96.2 Å². The maximum absolute atomic E-state index is 11.7. The molecule has 9 heteroatoms. The third kappa shape index (κ3) is 7.43. The van der Waals surface area contributed by atoms with Crippen molar-refractivity contribution in [2.24, 2.45) is 0 Å². The second kappa shape index (κ2) is 13.8. The van der Waals surface area contributed by atoms with Crippen molar-refractivity contribution in [3.05, 3.63) is 119 Å². The number of aromatic carboxylic acids is 1. The number of hydrogen-bond donors (Lipinski definition) is 3. The van der Waals surface area contributed by atoms with E-state index in [4.69, 9.17) is 9.47 Å². The van der Waals surface area contributed by atoms with Crippen LogP contribution in [0.4, 0.5) is 0 Å². The van der Waals surface area contributed by atoms with Crippen LogP contribution in [-0.2, 0) is 27.4 Å². The molecule has 0 aliphatic carbocycles. The van der Waals surface area contributed by atoms with Gasteiger partial charge in [0.25, 0.3) is 0 Å². The van der Waals surface area contributed by atoms with Crippen LogP contribution in [0.2, 0.25) is 0 Å². The molecule has 0 spiro atoms. The number of carbonyl (C=O) groups is 2. The van der Waals surface area contributed by atoms with Crippen molar-refractivity contribution in [3.8, 4) is 11.1 Å². The summed E-state index contributed by atoms with van der Waals surface area (Å²) in [6, 6.07) is 26.9. The predicted molar refractivity (Wildman–Crippen MR) is 160 cm³/mol. The Labute approximate surface area is 248 Å². The van der Waals surface area contributed by atoms with Crippen LogP contribution in [0, 0.1) is 0 Å². The van der Waals surface area contributed by atoms with Crippen LogP contribution in [0.25, 0.3) is 11.1 Å². The molecule has 3 atom stereocenters. The fraction of sp³-hybridized carbons (Fsp3) is 0.242. The van der Waals surface area contributed by atoms with Crippen LogP contribution in [-0.4, -0.2) is 38.9 Å². The smallest absolute Gasteiger partial charge is 0.338 e. The fourth-order valence-electron chi connectivity index (χ4n) is 4.78. The molecule has 0 radical (unpaired) electrons. The van der Waals surface area contributed by atoms with Crippen LogP contribution in [0.5, 0.6) is 0 Å². The molecule has 4 aromatic rings. The van der Waals surface area contributed by atoms with Crippen LogP contribution >= 0.6 is 11.8 Å². The maximum Gasteiger partial charge on any atom is 0.338 e. The zero-order chi connectivity index (χ0) is 29.5. The predicted octanol–water partition coefficient (Wildman–Crippen LogP) is 5.91. The molecule has 0 bridgehead atoms. The van der Waals surface area contributed by atoms with Gasteiger partial charge >= 0.3 is 5.97 Å². The molecule has 1 aliphatic rings. The average Bonchev–Trinajstić information content (AvgIpc) is 3.03. The van der Waals surface area contributed by atoms with Gasteiger partial charge in [-0.25, -0.2) is 9.78 Å². The zero-order valence-corrected chi connectivity index (χ0v) is 23.9. The topological polar surface area (TPSA) is 118 Å². The third-order valence-electron chi connectivity index (χ3n) is 7.01. The number of carboxylic acids is 1. The summed E-state index contributed by atoms with van der Waals surface area (Å²) >= 11 is 1.36. The third-order valence-corrected chi connectivity index (χ3v) is 8.14. The molecule has 1 aromatic heterocycles. The lowest BCUT2D eigenvalue weighted by atomic mass is 9.99. The molecule has 3 aromatic carbocycles. The maximum atomic E-state index is 11.7. The molecule has 3 N–H and O–H groups in total. The average molecular weight is 585 g/mol. The van der Waals surface area contributed by atoms with Gasteiger partial charge in [-0.3, -0.25) is 4.79 Å². The standard InChI is InChI=1S/C33H32N2O6S/c1-21(37)35-18-23-4-2-5-27(16-23)24-11-13-26(14-12-24)33-40-28(20-42-31-29(32(38)39)6-3-15-34-31)17-30(41-33)25-9-7-22(19-36)8-10-25/h2-16,28,30,33,36H,17-20H2,1H3,(H,35,37)(H,38,39)/t28-,30+,33+/m1/s1. The Kier molecular flexibility index (Phi) is 9.66. The summed E-state index contributed by atoms with van der Waals surface area (Å²) in [4.78, 5) is 27.2. The highest BCUT2D eigenvalue weighted by molar-refractivity contribution is 7.99. The van der Waals surface area contributed by atoms with Crippen molar-refractivity contribution in [1.82, 2.24) is 10.3 Å². The minimum absolute atomic E-state index is 0.0325. The second-order valence-corrected chi connectivity index (χ2v) is 11.1. The van der Waals surface area contributed by atoms with Gasteiger partial charge < -0.3 is 25.0 Å². The van der Waals surface area contributed by atoms with Crippen molar-refractivity contribution >= 4 is 23.6 Å². The minimum atomic E-state index is -1.01. The summed E-state index contributed by atoms with van der Waals surface area (Å²) < 4.78 is 12.9. The first-order valence-electron chi connectivity index (χ1n) is 13.6. The van der Waals surface area contributed by atoms with E-state index in [9.17, 15) is 19.8 Å². The van der Waals surface area contributed by atoms with E-state index in [0.29, 0.717) is 23.7 Å². The van der Waals surface area contributed by atoms with E-state index in [1.54, 1.807) is 18.3 Å². The molecule has 1 aliphatic heterocycles. The van der Waals surface area contributed by atoms with E-state index >= 15 is 0 Å². The lowest BCUT2D eigenvalue weighted by Gasteiger charge is -2.36. The number of benzene rings is 3. The summed E-state index contributed by atoms with van der Waals surface area (Å²) in [6.45, 7) is 1.94. The van der Waals surface area contributed by atoms with Gasteiger partial charge in [0.1, 0.15) is 5.03 Å². The number of aliphatic hydroxyl groups is 1. The molecule has 0 saturated carbocycles. The number of nitrogens with zero attached hydrogens (tertiary/aromatic N) is 1. The fourth-order valence-corrected chi connectivity index (χ4v) is 5.79. The van der Waals surface area contributed by atoms with Gasteiger partial charge in [-0.2, -0.15) is 0 Å². The quantitative estimate of drug-likeness (QED) is 0.197. The molecule has 2 heterocycles. The molecule has 216 valence electrons. The highest BCUT2D eigenvalue weighted by atomic mass is 32.2. The number of carbonyl (C=O) groups excluding carboxylic acids is 1. The van der Waals surface area contributed by atoms with Crippen molar-refractivity contribution in [3.63, 3.8) is 0 Å². The Morgan fingerprint density at radius 2 is 1.69 bits per heavy atom. The van der Waals surface area contributed by atoms with Crippen LogP contribution in [0.3, 0.4) is 0 Å². The summed E-state index contributed by atoms with van der Waals surface area (Å²) in [6.07, 6.45) is 1.05. The number of aliphatic hydroxyl groups excluding tert-OH is 1. The van der Waals surface area contributed by atoms with Crippen molar-refractivity contribution in [1.29, 1.82) is 0 Å². The SMILES string of the molecule is CC(=O)NCc1cccc(-c2ccc([C@H]3O[C@@H](CSc4ncccc4C(=O)O)C[C@@H](c4ccc(CO)cc4)O3)cc2)c1. The van der Waals surface area contributed by atoms with Crippen molar-refractivity contribution < 1.29 is 29.3 Å². The summed E-state index contributed by atoms with van der Waals surface area (Å²) in [5.41, 5.74) is 5.91. The van der Waals surface area contributed by atoms with Gasteiger partial charge in [0.15, 0.2) is 6.29 Å². The Morgan fingerprint density at radius 1 is 0.929 bits per heavy atom. The lowest BCUT2D eigenvalue weighted by molar-refractivity contribution is -0.245. The molecule has 5 rings (SSSR count). The number of rotatable bonds is 10. The number of nitrogens with one attached hydrogen (secondary N) is 1. The van der Waals surface area contributed by atoms with Crippen LogP contribution < -0.4 is 5.32 Å². The van der Waals surface area contributed by atoms with Crippen molar-refractivity contribution in [2.45, 2.75) is 50.0 Å². The van der Waals surface area contributed by atoms with Crippen LogP contribution in [0.1, 0.15) is 58.4 Å².